The van der Waals surface area contributed by atoms with Gasteiger partial charge in [0.15, 0.2) is 0 Å². The number of thiazole rings is 1. The van der Waals surface area contributed by atoms with E-state index in [-0.39, 0.29) is 6.04 Å². The lowest BCUT2D eigenvalue weighted by molar-refractivity contribution is 0.614. The van der Waals surface area contributed by atoms with E-state index >= 15 is 0 Å². The Balaban J connectivity index is 2.25. The van der Waals surface area contributed by atoms with Gasteiger partial charge in [-0.2, -0.15) is 5.10 Å². The molecule has 0 aliphatic carbocycles. The van der Waals surface area contributed by atoms with Crippen molar-refractivity contribution in [3.63, 3.8) is 0 Å². The molecule has 0 amide bonds. The lowest BCUT2D eigenvalue weighted by atomic mass is 10.1. The van der Waals surface area contributed by atoms with E-state index in [4.69, 9.17) is 0 Å². The first-order valence-electron chi connectivity index (χ1n) is 5.49. The highest BCUT2D eigenvalue weighted by Gasteiger charge is 2.16. The summed E-state index contributed by atoms with van der Waals surface area (Å²) in [6, 6.07) is 0.163. The summed E-state index contributed by atoms with van der Waals surface area (Å²) in [5.41, 5.74) is 4.11. The van der Waals surface area contributed by atoms with Crippen molar-refractivity contribution in [1.29, 1.82) is 0 Å². The zero-order valence-electron chi connectivity index (χ0n) is 9.55. The number of aryl methyl sites for hydroxylation is 1. The van der Waals surface area contributed by atoms with Crippen LogP contribution in [0.3, 0.4) is 0 Å². The molecule has 4 nitrogen and oxygen atoms in total. The van der Waals surface area contributed by atoms with Crippen LogP contribution in [0.15, 0.2) is 23.3 Å². The summed E-state index contributed by atoms with van der Waals surface area (Å²) in [4.78, 5) is 4.37. The summed E-state index contributed by atoms with van der Waals surface area (Å²) in [5.74, 6) is 0. The Labute approximate surface area is 99.3 Å². The zero-order valence-corrected chi connectivity index (χ0v) is 10.4. The van der Waals surface area contributed by atoms with E-state index in [0.717, 1.165) is 18.8 Å². The molecule has 2 aromatic rings. The van der Waals surface area contributed by atoms with Crippen molar-refractivity contribution in [3.8, 4) is 0 Å². The first-order valence-corrected chi connectivity index (χ1v) is 6.43. The topological polar surface area (TPSA) is 42.7 Å². The molecule has 0 saturated heterocycles. The summed E-state index contributed by atoms with van der Waals surface area (Å²) in [6.07, 6.45) is 3.99. The van der Waals surface area contributed by atoms with Gasteiger partial charge in [0, 0.05) is 23.7 Å². The minimum atomic E-state index is 0.163. The zero-order chi connectivity index (χ0) is 11.4. The molecule has 0 saturated carbocycles. The molecule has 0 aromatic carbocycles. The molecular formula is C11H16N4S. The first-order chi connectivity index (χ1) is 7.85. The third kappa shape index (κ3) is 2.31. The molecule has 0 aliphatic rings. The summed E-state index contributed by atoms with van der Waals surface area (Å²) < 4.78 is 1.94. The second-order valence-electron chi connectivity index (χ2n) is 3.53. The summed E-state index contributed by atoms with van der Waals surface area (Å²) in [6.45, 7) is 6.00. The second-order valence-corrected chi connectivity index (χ2v) is 4.25. The van der Waals surface area contributed by atoms with Crippen LogP contribution in [-0.4, -0.2) is 21.3 Å². The van der Waals surface area contributed by atoms with Crippen LogP contribution < -0.4 is 5.32 Å². The summed E-state index contributed by atoms with van der Waals surface area (Å²) >= 11 is 1.62. The molecule has 0 radical (unpaired) electrons. The van der Waals surface area contributed by atoms with Crippen molar-refractivity contribution in [2.75, 3.05) is 6.54 Å². The molecule has 0 spiro atoms. The fourth-order valence-corrected chi connectivity index (χ4v) is 2.24. The summed E-state index contributed by atoms with van der Waals surface area (Å²) in [5, 5.41) is 9.81. The predicted molar refractivity (Wildman–Crippen MR) is 65.5 cm³/mol. The van der Waals surface area contributed by atoms with Gasteiger partial charge in [-0.05, 0) is 13.5 Å². The summed E-state index contributed by atoms with van der Waals surface area (Å²) in [7, 11) is 0. The number of aromatic nitrogens is 3. The average Bonchev–Trinajstić information content (AvgIpc) is 2.97. The Kier molecular flexibility index (Phi) is 3.69. The van der Waals surface area contributed by atoms with Gasteiger partial charge in [-0.25, -0.2) is 4.98 Å². The van der Waals surface area contributed by atoms with Crippen molar-refractivity contribution >= 4 is 11.3 Å². The third-order valence-electron chi connectivity index (χ3n) is 2.47. The van der Waals surface area contributed by atoms with E-state index < -0.39 is 0 Å². The number of nitrogens with one attached hydrogen (secondary N) is 1. The lowest BCUT2D eigenvalue weighted by Gasteiger charge is -2.13. The van der Waals surface area contributed by atoms with Gasteiger partial charge in [-0.15, -0.1) is 11.3 Å². The van der Waals surface area contributed by atoms with E-state index in [1.165, 1.54) is 5.56 Å². The van der Waals surface area contributed by atoms with Gasteiger partial charge < -0.3 is 5.32 Å². The maximum absolute atomic E-state index is 4.37. The van der Waals surface area contributed by atoms with E-state index in [2.05, 4.69) is 40.8 Å². The number of nitrogens with zero attached hydrogens (tertiary/aromatic N) is 3. The van der Waals surface area contributed by atoms with Gasteiger partial charge in [0.05, 0.1) is 23.4 Å². The molecule has 0 fully saturated rings. The fourth-order valence-electron chi connectivity index (χ4n) is 1.66. The third-order valence-corrected chi connectivity index (χ3v) is 3.07. The second kappa shape index (κ2) is 5.23. The molecule has 2 aromatic heterocycles. The van der Waals surface area contributed by atoms with Crippen LogP contribution >= 0.6 is 11.3 Å². The van der Waals surface area contributed by atoms with Crippen molar-refractivity contribution in [3.05, 3.63) is 34.5 Å². The standard InChI is InChI=1S/C11H16N4S/c1-3-12-11(10-7-16-8-13-10)9-5-14-15(4-2)6-9/h5-8,11-12H,3-4H2,1-2H3. The van der Waals surface area contributed by atoms with Gasteiger partial charge in [0.2, 0.25) is 0 Å². The van der Waals surface area contributed by atoms with Gasteiger partial charge >= 0.3 is 0 Å². The molecule has 2 rings (SSSR count). The SMILES string of the molecule is CCNC(c1cnn(CC)c1)c1cscn1. The minimum absolute atomic E-state index is 0.163. The van der Waals surface area contributed by atoms with Crippen LogP contribution in [-0.2, 0) is 6.54 Å². The highest BCUT2D eigenvalue weighted by molar-refractivity contribution is 7.07. The molecular weight excluding hydrogens is 220 g/mol. The van der Waals surface area contributed by atoms with Gasteiger partial charge in [0.25, 0.3) is 0 Å². The van der Waals surface area contributed by atoms with E-state index in [1.807, 2.05) is 16.4 Å². The number of hydrogen-bond acceptors (Lipinski definition) is 4. The molecule has 2 heterocycles. The largest absolute Gasteiger partial charge is 0.305 e. The Morgan fingerprint density at radius 1 is 1.50 bits per heavy atom. The Morgan fingerprint density at radius 3 is 2.94 bits per heavy atom. The fraction of sp³-hybridized carbons (Fsp3) is 0.455. The predicted octanol–water partition coefficient (Wildman–Crippen LogP) is 2.06. The van der Waals surface area contributed by atoms with Crippen molar-refractivity contribution in [2.24, 2.45) is 0 Å². The molecule has 0 aliphatic heterocycles. The quantitative estimate of drug-likeness (QED) is 0.864. The van der Waals surface area contributed by atoms with Gasteiger partial charge in [-0.1, -0.05) is 6.92 Å². The van der Waals surface area contributed by atoms with Crippen LogP contribution in [0.1, 0.15) is 31.1 Å². The molecule has 1 unspecified atom stereocenters. The molecule has 16 heavy (non-hydrogen) atoms. The van der Waals surface area contributed by atoms with Crippen LogP contribution in [0.4, 0.5) is 0 Å². The van der Waals surface area contributed by atoms with E-state index in [1.54, 1.807) is 11.3 Å². The smallest absolute Gasteiger partial charge is 0.0795 e. The van der Waals surface area contributed by atoms with Crippen LogP contribution in [0.25, 0.3) is 0 Å². The lowest BCUT2D eigenvalue weighted by Crippen LogP contribution is -2.21. The van der Waals surface area contributed by atoms with Gasteiger partial charge in [0.1, 0.15) is 0 Å². The van der Waals surface area contributed by atoms with E-state index in [9.17, 15) is 0 Å². The average molecular weight is 236 g/mol. The van der Waals surface area contributed by atoms with Gasteiger partial charge in [-0.3, -0.25) is 4.68 Å². The molecule has 86 valence electrons. The highest BCUT2D eigenvalue weighted by Crippen LogP contribution is 2.21. The Hall–Kier alpha value is -1.20. The van der Waals surface area contributed by atoms with Crippen LogP contribution in [0.2, 0.25) is 0 Å². The monoisotopic (exact) mass is 236 g/mol. The van der Waals surface area contributed by atoms with Crippen LogP contribution in [0, 0.1) is 0 Å². The van der Waals surface area contributed by atoms with Crippen molar-refractivity contribution in [1.82, 2.24) is 20.1 Å². The van der Waals surface area contributed by atoms with Crippen molar-refractivity contribution < 1.29 is 0 Å². The first kappa shape index (κ1) is 11.3. The maximum Gasteiger partial charge on any atom is 0.0795 e. The Morgan fingerprint density at radius 2 is 2.38 bits per heavy atom. The van der Waals surface area contributed by atoms with E-state index in [0.29, 0.717) is 0 Å². The normalized spacial score (nSPS) is 12.9. The maximum atomic E-state index is 4.37. The number of hydrogen-bond donors (Lipinski definition) is 1. The molecule has 1 N–H and O–H groups in total. The minimum Gasteiger partial charge on any atom is -0.305 e. The molecule has 1 atom stereocenters. The number of rotatable bonds is 5. The molecule has 5 heteroatoms. The van der Waals surface area contributed by atoms with Crippen LogP contribution in [0.5, 0.6) is 0 Å². The molecule has 0 bridgehead atoms. The van der Waals surface area contributed by atoms with Crippen molar-refractivity contribution in [2.45, 2.75) is 26.4 Å². The highest BCUT2D eigenvalue weighted by atomic mass is 32.1. The Bertz CT molecular complexity index is 421.